The first kappa shape index (κ1) is 14.9. The maximum Gasteiger partial charge on any atom is 0.305 e. The van der Waals surface area contributed by atoms with Gasteiger partial charge in [-0.3, -0.25) is 4.79 Å². The van der Waals surface area contributed by atoms with Gasteiger partial charge in [-0.1, -0.05) is 11.8 Å². The number of esters is 1. The monoisotopic (exact) mass is 272 g/mol. The number of hydrogen-bond donors (Lipinski definition) is 0. The van der Waals surface area contributed by atoms with E-state index in [9.17, 15) is 4.79 Å². The average Bonchev–Trinajstić information content (AvgIpc) is 2.72. The van der Waals surface area contributed by atoms with Crippen molar-refractivity contribution in [2.24, 2.45) is 0 Å². The first-order chi connectivity index (χ1) is 8.45. The normalized spacial score (nSPS) is 11.6. The molecule has 102 valence electrons. The summed E-state index contributed by atoms with van der Waals surface area (Å²) in [6.07, 6.45) is 1.21. The number of rotatable bonds is 6. The molecule has 0 radical (unpaired) electrons. The van der Waals surface area contributed by atoms with E-state index in [-0.39, 0.29) is 11.5 Å². The van der Waals surface area contributed by atoms with Crippen molar-refractivity contribution in [3.05, 3.63) is 0 Å². The van der Waals surface area contributed by atoms with Gasteiger partial charge < -0.3 is 4.74 Å². The molecule has 0 spiro atoms. The van der Waals surface area contributed by atoms with Crippen LogP contribution >= 0.6 is 11.8 Å². The van der Waals surface area contributed by atoms with Crippen LogP contribution in [0.5, 0.6) is 0 Å². The fourth-order valence-electron chi connectivity index (χ4n) is 1.30. The smallest absolute Gasteiger partial charge is 0.305 e. The summed E-state index contributed by atoms with van der Waals surface area (Å²) in [5, 5.41) is 12.4. The second-order valence-corrected chi connectivity index (χ2v) is 5.86. The predicted octanol–water partition coefficient (Wildman–Crippen LogP) is 1.86. The molecule has 1 rings (SSSR count). The Kier molecular flexibility index (Phi) is 5.58. The summed E-state index contributed by atoms with van der Waals surface area (Å²) < 4.78 is 6.66. The summed E-state index contributed by atoms with van der Waals surface area (Å²) in [5.74, 6) is 0.656. The minimum atomic E-state index is -0.145. The molecule has 0 N–H and O–H groups in total. The first-order valence-electron chi connectivity index (χ1n) is 6.02. The second kappa shape index (κ2) is 6.72. The zero-order valence-electron chi connectivity index (χ0n) is 11.3. The van der Waals surface area contributed by atoms with E-state index in [0.29, 0.717) is 13.0 Å². The summed E-state index contributed by atoms with van der Waals surface area (Å²) in [6, 6.07) is 0. The Morgan fingerprint density at radius 2 is 2.17 bits per heavy atom. The van der Waals surface area contributed by atoms with Crippen molar-refractivity contribution in [1.29, 1.82) is 0 Å². The van der Waals surface area contributed by atoms with Gasteiger partial charge in [0.15, 0.2) is 0 Å². The first-order valence-corrected chi connectivity index (χ1v) is 7.01. The topological polar surface area (TPSA) is 69.9 Å². The maximum absolute atomic E-state index is 11.2. The molecule has 1 aromatic heterocycles. The second-order valence-electron chi connectivity index (χ2n) is 4.80. The van der Waals surface area contributed by atoms with Gasteiger partial charge in [-0.15, -0.1) is 5.10 Å². The summed E-state index contributed by atoms with van der Waals surface area (Å²) in [5.41, 5.74) is -0.132. The van der Waals surface area contributed by atoms with Gasteiger partial charge >= 0.3 is 5.97 Å². The lowest BCUT2D eigenvalue weighted by Gasteiger charge is -2.19. The quantitative estimate of drug-likeness (QED) is 0.447. The van der Waals surface area contributed by atoms with Crippen molar-refractivity contribution in [3.8, 4) is 0 Å². The molecule has 7 heteroatoms. The number of thioether (sulfide) groups is 1. The number of carbonyl (C=O) groups is 1. The molecule has 0 bridgehead atoms. The van der Waals surface area contributed by atoms with Gasteiger partial charge in [-0.2, -0.15) is 0 Å². The van der Waals surface area contributed by atoms with E-state index < -0.39 is 0 Å². The van der Waals surface area contributed by atoms with Crippen LogP contribution in [0, 0.1) is 0 Å². The Labute approximate surface area is 111 Å². The van der Waals surface area contributed by atoms with Crippen LogP contribution in [0.3, 0.4) is 0 Å². The number of hydrogen-bond acceptors (Lipinski definition) is 6. The molecule has 0 saturated carbocycles. The summed E-state index contributed by atoms with van der Waals surface area (Å²) in [7, 11) is 0. The van der Waals surface area contributed by atoms with Crippen LogP contribution in [0.1, 0.15) is 40.5 Å². The summed E-state index contributed by atoms with van der Waals surface area (Å²) in [4.78, 5) is 11.2. The van der Waals surface area contributed by atoms with Crippen LogP contribution in [0.25, 0.3) is 0 Å². The SMILES string of the molecule is CCOC(=O)CCCSc1nnnn1C(C)(C)C. The molecule has 0 amide bonds. The largest absolute Gasteiger partial charge is 0.466 e. The lowest BCUT2D eigenvalue weighted by Crippen LogP contribution is -2.24. The molecule has 0 aliphatic carbocycles. The molecular weight excluding hydrogens is 252 g/mol. The third-order valence-electron chi connectivity index (χ3n) is 2.14. The predicted molar refractivity (Wildman–Crippen MR) is 69.4 cm³/mol. The molecule has 0 atom stereocenters. The lowest BCUT2D eigenvalue weighted by atomic mass is 10.1. The molecular formula is C11H20N4O2S. The van der Waals surface area contributed by atoms with Gasteiger partial charge in [0.2, 0.25) is 5.16 Å². The highest BCUT2D eigenvalue weighted by Gasteiger charge is 2.19. The van der Waals surface area contributed by atoms with Crippen molar-refractivity contribution in [3.63, 3.8) is 0 Å². The molecule has 1 heterocycles. The van der Waals surface area contributed by atoms with Gasteiger partial charge in [0.1, 0.15) is 0 Å². The minimum absolute atomic E-state index is 0.132. The Morgan fingerprint density at radius 1 is 1.44 bits per heavy atom. The molecule has 0 saturated heterocycles. The van der Waals surface area contributed by atoms with Crippen molar-refractivity contribution >= 4 is 17.7 Å². The van der Waals surface area contributed by atoms with E-state index >= 15 is 0 Å². The van der Waals surface area contributed by atoms with Crippen LogP contribution in [0.2, 0.25) is 0 Å². The van der Waals surface area contributed by atoms with Gasteiger partial charge in [0.05, 0.1) is 12.1 Å². The summed E-state index contributed by atoms with van der Waals surface area (Å²) in [6.45, 7) is 8.39. The highest BCUT2D eigenvalue weighted by atomic mass is 32.2. The molecule has 18 heavy (non-hydrogen) atoms. The number of carbonyl (C=O) groups excluding carboxylic acids is 1. The van der Waals surface area contributed by atoms with Crippen LogP contribution in [0.4, 0.5) is 0 Å². The lowest BCUT2D eigenvalue weighted by molar-refractivity contribution is -0.143. The number of nitrogens with zero attached hydrogens (tertiary/aromatic N) is 4. The Hall–Kier alpha value is -1.11. The van der Waals surface area contributed by atoms with Gasteiger partial charge in [-0.05, 0) is 44.5 Å². The van der Waals surface area contributed by atoms with E-state index in [1.54, 1.807) is 16.4 Å². The maximum atomic E-state index is 11.2. The van der Waals surface area contributed by atoms with Gasteiger partial charge in [0, 0.05) is 12.2 Å². The van der Waals surface area contributed by atoms with Crippen LogP contribution in [-0.4, -0.2) is 38.5 Å². The van der Waals surface area contributed by atoms with E-state index in [1.807, 2.05) is 27.7 Å². The van der Waals surface area contributed by atoms with E-state index in [4.69, 9.17) is 4.74 Å². The van der Waals surface area contributed by atoms with Crippen molar-refractivity contribution in [2.45, 2.75) is 51.2 Å². The van der Waals surface area contributed by atoms with Crippen LogP contribution in [-0.2, 0) is 15.1 Å². The highest BCUT2D eigenvalue weighted by Crippen LogP contribution is 2.22. The third-order valence-corrected chi connectivity index (χ3v) is 3.14. The minimum Gasteiger partial charge on any atom is -0.466 e. The Bertz CT molecular complexity index is 387. The third kappa shape index (κ3) is 4.64. The molecule has 0 aliphatic rings. The van der Waals surface area contributed by atoms with Crippen molar-refractivity contribution in [2.75, 3.05) is 12.4 Å². The standard InChI is InChI=1S/C11H20N4O2S/c1-5-17-9(16)7-6-8-18-10-12-13-14-15(10)11(2,3)4/h5-8H2,1-4H3. The molecule has 0 aliphatic heterocycles. The zero-order valence-corrected chi connectivity index (χ0v) is 12.2. The van der Waals surface area contributed by atoms with E-state index in [0.717, 1.165) is 17.3 Å². The van der Waals surface area contributed by atoms with E-state index in [1.165, 1.54) is 0 Å². The number of tetrazole rings is 1. The average molecular weight is 272 g/mol. The molecule has 0 fully saturated rings. The van der Waals surface area contributed by atoms with Crippen molar-refractivity contribution in [1.82, 2.24) is 20.2 Å². The Balaban J connectivity index is 2.36. The highest BCUT2D eigenvalue weighted by molar-refractivity contribution is 7.99. The number of aromatic nitrogens is 4. The van der Waals surface area contributed by atoms with Gasteiger partial charge in [0.25, 0.3) is 0 Å². The summed E-state index contributed by atoms with van der Waals surface area (Å²) >= 11 is 1.56. The fourth-order valence-corrected chi connectivity index (χ4v) is 2.30. The van der Waals surface area contributed by atoms with Crippen LogP contribution < -0.4 is 0 Å². The molecule has 6 nitrogen and oxygen atoms in total. The molecule has 0 unspecified atom stereocenters. The Morgan fingerprint density at radius 3 is 2.78 bits per heavy atom. The molecule has 1 aromatic rings. The van der Waals surface area contributed by atoms with E-state index in [2.05, 4.69) is 15.5 Å². The number of ether oxygens (including phenoxy) is 1. The zero-order chi connectivity index (χ0) is 13.6. The van der Waals surface area contributed by atoms with Gasteiger partial charge in [-0.25, -0.2) is 4.68 Å². The fraction of sp³-hybridized carbons (Fsp3) is 0.818. The molecule has 0 aromatic carbocycles. The van der Waals surface area contributed by atoms with Crippen LogP contribution in [0.15, 0.2) is 5.16 Å². The van der Waals surface area contributed by atoms with Crippen molar-refractivity contribution < 1.29 is 9.53 Å².